The molecule has 9 heteroatoms. The molecule has 1 aliphatic heterocycles. The normalized spacial score (nSPS) is 15.9. The number of pyridine rings is 1. The second kappa shape index (κ2) is 11.9. The van der Waals surface area contributed by atoms with Crippen molar-refractivity contribution in [1.82, 2.24) is 4.98 Å². The topological polar surface area (TPSA) is 96.4 Å². The van der Waals surface area contributed by atoms with E-state index in [9.17, 15) is 22.4 Å². The number of Topliss-reactive ketones (excluding diaryl/α,β-unsaturated/α-hetero) is 2. The molecule has 4 rings (SSSR count). The summed E-state index contributed by atoms with van der Waals surface area (Å²) in [6.07, 6.45) is 3.06. The van der Waals surface area contributed by atoms with Gasteiger partial charge in [0.1, 0.15) is 23.2 Å². The van der Waals surface area contributed by atoms with Crippen LogP contribution >= 0.6 is 0 Å². The summed E-state index contributed by atoms with van der Waals surface area (Å²) in [5, 5.41) is 0. The largest absolute Gasteiger partial charge is 0.356 e. The van der Waals surface area contributed by atoms with Gasteiger partial charge in [-0.25, -0.2) is 17.8 Å². The number of aryl methyl sites for hydroxylation is 2. The molecule has 2 aromatic carbocycles. The third kappa shape index (κ3) is 6.58. The number of hydrogen-bond donors (Lipinski definition) is 1. The Morgan fingerprint density at radius 1 is 1.07 bits per heavy atom. The number of rotatable bonds is 10. The Kier molecular flexibility index (Phi) is 8.73. The third-order valence-corrected chi connectivity index (χ3v) is 8.51. The number of aromatic nitrogens is 1. The highest BCUT2D eigenvalue weighted by Gasteiger charge is 2.40. The van der Waals surface area contributed by atoms with Crippen molar-refractivity contribution in [3.05, 3.63) is 88.9 Å². The van der Waals surface area contributed by atoms with Gasteiger partial charge in [0.2, 0.25) is 10.0 Å². The molecule has 1 saturated heterocycles. The minimum atomic E-state index is -3.61. The van der Waals surface area contributed by atoms with Gasteiger partial charge >= 0.3 is 0 Å². The first-order valence-corrected chi connectivity index (χ1v) is 15.4. The molecule has 7 nitrogen and oxygen atoms in total. The van der Waals surface area contributed by atoms with E-state index in [2.05, 4.69) is 9.62 Å². The Balaban J connectivity index is 1.46. The second-order valence-electron chi connectivity index (χ2n) is 10.7. The molecule has 0 aliphatic carbocycles. The monoisotopic (exact) mass is 565 g/mol. The number of benzene rings is 2. The molecule has 0 bridgehead atoms. The zero-order chi connectivity index (χ0) is 29.1. The van der Waals surface area contributed by atoms with Crippen LogP contribution in [0.4, 0.5) is 15.9 Å². The zero-order valence-corrected chi connectivity index (χ0v) is 24.2. The highest BCUT2D eigenvalue weighted by molar-refractivity contribution is 7.92. The Bertz CT molecular complexity index is 1500. The predicted molar refractivity (Wildman–Crippen MR) is 156 cm³/mol. The first-order chi connectivity index (χ1) is 18.9. The minimum absolute atomic E-state index is 0.0481. The maximum atomic E-state index is 14.5. The van der Waals surface area contributed by atoms with E-state index in [-0.39, 0.29) is 23.7 Å². The summed E-state index contributed by atoms with van der Waals surface area (Å²) in [4.78, 5) is 33.0. The van der Waals surface area contributed by atoms with Gasteiger partial charge in [-0.1, -0.05) is 49.4 Å². The van der Waals surface area contributed by atoms with Crippen LogP contribution in [0.3, 0.4) is 0 Å². The van der Waals surface area contributed by atoms with E-state index in [1.807, 2.05) is 49.4 Å². The molecule has 0 saturated carbocycles. The fraction of sp³-hybridized carbons (Fsp3) is 0.387. The fourth-order valence-corrected chi connectivity index (χ4v) is 6.05. The highest BCUT2D eigenvalue weighted by atomic mass is 32.2. The molecular formula is C31H36FN3O4S. The average Bonchev–Trinajstić information content (AvgIpc) is 2.92. The molecule has 0 amide bonds. The average molecular weight is 566 g/mol. The van der Waals surface area contributed by atoms with Gasteiger partial charge in [0.25, 0.3) is 0 Å². The van der Waals surface area contributed by atoms with Gasteiger partial charge < -0.3 is 4.90 Å². The zero-order valence-electron chi connectivity index (χ0n) is 23.4. The number of anilines is 2. The van der Waals surface area contributed by atoms with E-state index in [1.165, 1.54) is 12.1 Å². The van der Waals surface area contributed by atoms with Crippen molar-refractivity contribution in [3.63, 3.8) is 0 Å². The smallest absolute Gasteiger partial charge is 0.229 e. The van der Waals surface area contributed by atoms with Gasteiger partial charge in [-0.15, -0.1) is 0 Å². The van der Waals surface area contributed by atoms with Crippen molar-refractivity contribution in [2.45, 2.75) is 57.8 Å². The van der Waals surface area contributed by atoms with Crippen LogP contribution in [0, 0.1) is 12.7 Å². The third-order valence-electron chi connectivity index (χ3n) is 7.92. The van der Waals surface area contributed by atoms with Gasteiger partial charge in [0.05, 0.1) is 17.4 Å². The number of halogens is 1. The lowest BCUT2D eigenvalue weighted by Gasteiger charge is -2.41. The summed E-state index contributed by atoms with van der Waals surface area (Å²) in [6, 6.07) is 18.0. The number of ketones is 2. The van der Waals surface area contributed by atoms with Gasteiger partial charge in [-0.3, -0.25) is 14.3 Å². The number of nitrogens with zero attached hydrogens (tertiary/aromatic N) is 2. The molecule has 212 valence electrons. The van der Waals surface area contributed by atoms with Crippen LogP contribution < -0.4 is 9.62 Å². The lowest BCUT2D eigenvalue weighted by Crippen LogP contribution is -2.47. The Labute approximate surface area is 235 Å². The SMILES string of the molecule is CC(=O)C1(c2ccccc2)CCN(c2nc(C)ccc2CCC(=O)C(C)c2ccc(NS(C)(=O)=O)c(F)c2)CC1. The molecule has 1 fully saturated rings. The maximum Gasteiger partial charge on any atom is 0.229 e. The van der Waals surface area contributed by atoms with Crippen LogP contribution in [0.2, 0.25) is 0 Å². The molecule has 1 aromatic heterocycles. The first kappa shape index (κ1) is 29.4. The van der Waals surface area contributed by atoms with Crippen LogP contribution in [0.1, 0.15) is 61.4 Å². The summed E-state index contributed by atoms with van der Waals surface area (Å²) in [6.45, 7) is 6.69. The molecule has 1 N–H and O–H groups in total. The van der Waals surface area contributed by atoms with Crippen molar-refractivity contribution < 1.29 is 22.4 Å². The van der Waals surface area contributed by atoms with Gasteiger partial charge in [-0.05, 0) is 68.0 Å². The van der Waals surface area contributed by atoms with Gasteiger partial charge in [0.15, 0.2) is 0 Å². The standard InChI is InChI=1S/C31H36FN3O4S/c1-21-10-11-24(13-15-29(37)22(2)25-12-14-28(27(32)20-25)34-40(4,38)39)30(33-21)35-18-16-31(17-19-35,23(3)36)26-8-6-5-7-9-26/h5-12,14,20,22,34H,13,15-19H2,1-4H3. The summed E-state index contributed by atoms with van der Waals surface area (Å²) in [5.41, 5.74) is 2.72. The molecule has 1 atom stereocenters. The van der Waals surface area contributed by atoms with E-state index < -0.39 is 27.2 Å². The lowest BCUT2D eigenvalue weighted by molar-refractivity contribution is -0.123. The van der Waals surface area contributed by atoms with Crippen molar-refractivity contribution in [2.24, 2.45) is 0 Å². The molecule has 3 aromatic rings. The number of sulfonamides is 1. The van der Waals surface area contributed by atoms with Crippen LogP contribution in [-0.4, -0.2) is 44.3 Å². The van der Waals surface area contributed by atoms with Crippen molar-refractivity contribution in [2.75, 3.05) is 29.0 Å². The first-order valence-electron chi connectivity index (χ1n) is 13.5. The van der Waals surface area contributed by atoms with Gasteiger partial charge in [0, 0.05) is 31.1 Å². The quantitative estimate of drug-likeness (QED) is 0.357. The number of carbonyl (C=O) groups is 2. The molecule has 0 spiro atoms. The summed E-state index contributed by atoms with van der Waals surface area (Å²) in [7, 11) is -3.61. The Morgan fingerprint density at radius 3 is 2.35 bits per heavy atom. The summed E-state index contributed by atoms with van der Waals surface area (Å²) >= 11 is 0. The number of hydrogen-bond acceptors (Lipinski definition) is 6. The van der Waals surface area contributed by atoms with E-state index in [0.717, 1.165) is 28.9 Å². The molecule has 2 heterocycles. The second-order valence-corrected chi connectivity index (χ2v) is 12.5. The summed E-state index contributed by atoms with van der Waals surface area (Å²) < 4.78 is 39.5. The van der Waals surface area contributed by atoms with Crippen LogP contribution in [0.5, 0.6) is 0 Å². The molecule has 1 unspecified atom stereocenters. The van der Waals surface area contributed by atoms with E-state index >= 15 is 0 Å². The van der Waals surface area contributed by atoms with Gasteiger partial charge in [-0.2, -0.15) is 0 Å². The molecule has 0 radical (unpaired) electrons. The fourth-order valence-electron chi connectivity index (χ4n) is 5.49. The Hall–Kier alpha value is -3.59. The van der Waals surface area contributed by atoms with E-state index in [1.54, 1.807) is 19.9 Å². The maximum absolute atomic E-state index is 14.5. The van der Waals surface area contributed by atoms with E-state index in [4.69, 9.17) is 4.98 Å². The van der Waals surface area contributed by atoms with Crippen LogP contribution in [-0.2, 0) is 31.4 Å². The predicted octanol–water partition coefficient (Wildman–Crippen LogP) is 5.33. The Morgan fingerprint density at radius 2 is 1.75 bits per heavy atom. The van der Waals surface area contributed by atoms with E-state index in [0.29, 0.717) is 37.9 Å². The summed E-state index contributed by atoms with van der Waals surface area (Å²) in [5.74, 6) is -0.316. The minimum Gasteiger partial charge on any atom is -0.356 e. The molecule has 40 heavy (non-hydrogen) atoms. The molecule has 1 aliphatic rings. The number of carbonyl (C=O) groups excluding carboxylic acids is 2. The van der Waals surface area contributed by atoms with Crippen molar-refractivity contribution >= 4 is 33.1 Å². The molecular weight excluding hydrogens is 529 g/mol. The van der Waals surface area contributed by atoms with Crippen LogP contribution in [0.15, 0.2) is 60.7 Å². The van der Waals surface area contributed by atoms with Crippen molar-refractivity contribution in [3.8, 4) is 0 Å². The number of piperidine rings is 1. The van der Waals surface area contributed by atoms with Crippen molar-refractivity contribution in [1.29, 1.82) is 0 Å². The highest BCUT2D eigenvalue weighted by Crippen LogP contribution is 2.38. The number of nitrogens with one attached hydrogen (secondary N) is 1. The lowest BCUT2D eigenvalue weighted by atomic mass is 9.70. The van der Waals surface area contributed by atoms with Crippen LogP contribution in [0.25, 0.3) is 0 Å².